The largest absolute Gasteiger partial charge is 0.468 e. The Morgan fingerprint density at radius 1 is 1.38 bits per heavy atom. The van der Waals surface area contributed by atoms with Crippen molar-refractivity contribution in [2.45, 2.75) is 70.4 Å². The summed E-state index contributed by atoms with van der Waals surface area (Å²) in [6.07, 6.45) is 8.31. The molecule has 1 aliphatic heterocycles. The highest BCUT2D eigenvalue weighted by Gasteiger charge is 2.39. The first kappa shape index (κ1) is 16.8. The summed E-state index contributed by atoms with van der Waals surface area (Å²) in [4.78, 5) is 14.7. The fourth-order valence-corrected chi connectivity index (χ4v) is 3.48. The molecule has 2 atom stereocenters. The van der Waals surface area contributed by atoms with Crippen LogP contribution in [-0.4, -0.2) is 49.2 Å². The zero-order valence-electron chi connectivity index (χ0n) is 14.0. The van der Waals surface area contributed by atoms with Gasteiger partial charge in [-0.25, -0.2) is 0 Å². The van der Waals surface area contributed by atoms with Crippen LogP contribution in [0.15, 0.2) is 0 Å². The maximum Gasteiger partial charge on any atom is 0.325 e. The molecule has 0 aromatic rings. The molecular formula is C17H32N2O2. The van der Waals surface area contributed by atoms with Gasteiger partial charge in [0.2, 0.25) is 0 Å². The van der Waals surface area contributed by atoms with Crippen LogP contribution >= 0.6 is 0 Å². The standard InChI is InChI=1S/C17H32N2O2/c1-4-14-7-5-11-19(13-14)12-6-10-17(2,16(20)21-3)18-15-8-9-15/h14-15,18H,4-13H2,1-3H3. The Labute approximate surface area is 129 Å². The minimum absolute atomic E-state index is 0.112. The van der Waals surface area contributed by atoms with E-state index in [4.69, 9.17) is 4.74 Å². The number of likely N-dealkylation sites (tertiary alicyclic amines) is 1. The molecule has 0 radical (unpaired) electrons. The predicted molar refractivity (Wildman–Crippen MR) is 85.3 cm³/mol. The van der Waals surface area contributed by atoms with Gasteiger partial charge in [0.1, 0.15) is 5.54 Å². The topological polar surface area (TPSA) is 41.6 Å². The number of nitrogens with one attached hydrogen (secondary N) is 1. The van der Waals surface area contributed by atoms with E-state index in [9.17, 15) is 4.79 Å². The molecule has 1 saturated carbocycles. The summed E-state index contributed by atoms with van der Waals surface area (Å²) in [5.41, 5.74) is -0.504. The average Bonchev–Trinajstić information content (AvgIpc) is 3.30. The molecule has 0 aromatic heterocycles. The molecule has 2 fully saturated rings. The fourth-order valence-electron chi connectivity index (χ4n) is 3.48. The van der Waals surface area contributed by atoms with Crippen LogP contribution in [0.3, 0.4) is 0 Å². The van der Waals surface area contributed by atoms with Crippen molar-refractivity contribution < 1.29 is 9.53 Å². The van der Waals surface area contributed by atoms with Gasteiger partial charge in [-0.05, 0) is 64.5 Å². The Bertz CT molecular complexity index is 344. The second kappa shape index (κ2) is 7.59. The Morgan fingerprint density at radius 2 is 2.14 bits per heavy atom. The summed E-state index contributed by atoms with van der Waals surface area (Å²) in [5, 5.41) is 3.48. The van der Waals surface area contributed by atoms with E-state index < -0.39 is 5.54 Å². The summed E-state index contributed by atoms with van der Waals surface area (Å²) in [6, 6.07) is 0.522. The molecule has 1 N–H and O–H groups in total. The van der Waals surface area contributed by atoms with Gasteiger partial charge in [-0.2, -0.15) is 0 Å². The number of rotatable bonds is 8. The van der Waals surface area contributed by atoms with Crippen molar-refractivity contribution in [2.75, 3.05) is 26.7 Å². The van der Waals surface area contributed by atoms with Crippen LogP contribution in [0.25, 0.3) is 0 Å². The predicted octanol–water partition coefficient (Wildman–Crippen LogP) is 2.57. The van der Waals surface area contributed by atoms with Gasteiger partial charge >= 0.3 is 5.97 Å². The number of esters is 1. The first-order valence-electron chi connectivity index (χ1n) is 8.66. The van der Waals surface area contributed by atoms with Gasteiger partial charge in [0, 0.05) is 12.6 Å². The quantitative estimate of drug-likeness (QED) is 0.699. The van der Waals surface area contributed by atoms with E-state index in [1.807, 2.05) is 6.92 Å². The smallest absolute Gasteiger partial charge is 0.325 e. The summed E-state index contributed by atoms with van der Waals surface area (Å²) >= 11 is 0. The van der Waals surface area contributed by atoms with Crippen molar-refractivity contribution in [2.24, 2.45) is 5.92 Å². The van der Waals surface area contributed by atoms with E-state index in [1.54, 1.807) is 0 Å². The van der Waals surface area contributed by atoms with Crippen LogP contribution in [0.5, 0.6) is 0 Å². The lowest BCUT2D eigenvalue weighted by Gasteiger charge is -2.34. The summed E-state index contributed by atoms with van der Waals surface area (Å²) in [6.45, 7) is 7.86. The van der Waals surface area contributed by atoms with E-state index >= 15 is 0 Å². The van der Waals surface area contributed by atoms with Crippen molar-refractivity contribution >= 4 is 5.97 Å². The third-order valence-electron chi connectivity index (χ3n) is 5.07. The molecule has 21 heavy (non-hydrogen) atoms. The second-order valence-corrected chi connectivity index (χ2v) is 7.06. The van der Waals surface area contributed by atoms with Gasteiger partial charge in [0.05, 0.1) is 7.11 Å². The van der Waals surface area contributed by atoms with E-state index in [-0.39, 0.29) is 5.97 Å². The SMILES string of the molecule is CCC1CCCN(CCCC(C)(NC2CC2)C(=O)OC)C1. The molecule has 0 aromatic carbocycles. The Balaban J connectivity index is 1.77. The number of methoxy groups -OCH3 is 1. The lowest BCUT2D eigenvalue weighted by molar-refractivity contribution is -0.148. The molecule has 2 unspecified atom stereocenters. The Hall–Kier alpha value is -0.610. The van der Waals surface area contributed by atoms with Crippen LogP contribution in [0.1, 0.15) is 58.8 Å². The van der Waals surface area contributed by atoms with Gasteiger partial charge in [-0.15, -0.1) is 0 Å². The monoisotopic (exact) mass is 296 g/mol. The van der Waals surface area contributed by atoms with Crippen LogP contribution in [-0.2, 0) is 9.53 Å². The first-order chi connectivity index (χ1) is 10.1. The number of ether oxygens (including phenoxy) is 1. The van der Waals surface area contributed by atoms with Crippen LogP contribution in [0.2, 0.25) is 0 Å². The molecule has 4 nitrogen and oxygen atoms in total. The minimum Gasteiger partial charge on any atom is -0.468 e. The number of hydrogen-bond donors (Lipinski definition) is 1. The van der Waals surface area contributed by atoms with E-state index in [0.717, 1.165) is 25.3 Å². The zero-order valence-corrected chi connectivity index (χ0v) is 14.0. The normalized spacial score (nSPS) is 26.3. The molecule has 1 aliphatic carbocycles. The number of carbonyl (C=O) groups is 1. The zero-order chi connectivity index (χ0) is 15.3. The van der Waals surface area contributed by atoms with Crippen molar-refractivity contribution in [3.8, 4) is 0 Å². The first-order valence-corrected chi connectivity index (χ1v) is 8.66. The van der Waals surface area contributed by atoms with E-state index in [2.05, 4.69) is 17.1 Å². The minimum atomic E-state index is -0.504. The van der Waals surface area contributed by atoms with Crippen LogP contribution in [0.4, 0.5) is 0 Å². The van der Waals surface area contributed by atoms with Crippen molar-refractivity contribution in [1.82, 2.24) is 10.2 Å². The molecule has 122 valence electrons. The van der Waals surface area contributed by atoms with Gasteiger partial charge in [-0.3, -0.25) is 10.1 Å². The number of nitrogens with zero attached hydrogens (tertiary/aromatic N) is 1. The molecule has 1 heterocycles. The summed E-state index contributed by atoms with van der Waals surface area (Å²) < 4.78 is 5.01. The highest BCUT2D eigenvalue weighted by molar-refractivity contribution is 5.80. The van der Waals surface area contributed by atoms with Crippen molar-refractivity contribution in [3.05, 3.63) is 0 Å². The lowest BCUT2D eigenvalue weighted by atomic mass is 9.93. The molecule has 0 bridgehead atoms. The third kappa shape index (κ3) is 4.96. The molecule has 0 amide bonds. The molecule has 1 saturated heterocycles. The molecule has 2 aliphatic rings. The number of piperidine rings is 1. The third-order valence-corrected chi connectivity index (χ3v) is 5.07. The van der Waals surface area contributed by atoms with Gasteiger partial charge in [0.25, 0.3) is 0 Å². The molecular weight excluding hydrogens is 264 g/mol. The highest BCUT2D eigenvalue weighted by atomic mass is 16.5. The summed E-state index contributed by atoms with van der Waals surface area (Å²) in [7, 11) is 1.49. The van der Waals surface area contributed by atoms with Gasteiger partial charge < -0.3 is 9.64 Å². The van der Waals surface area contributed by atoms with Crippen LogP contribution in [0, 0.1) is 5.92 Å². The van der Waals surface area contributed by atoms with E-state index in [1.165, 1.54) is 52.3 Å². The van der Waals surface area contributed by atoms with Crippen molar-refractivity contribution in [3.63, 3.8) is 0 Å². The molecule has 4 heteroatoms. The number of hydrogen-bond acceptors (Lipinski definition) is 4. The fraction of sp³-hybridized carbons (Fsp3) is 0.941. The maximum atomic E-state index is 12.1. The Kier molecular flexibility index (Phi) is 6.06. The van der Waals surface area contributed by atoms with Crippen molar-refractivity contribution in [1.29, 1.82) is 0 Å². The average molecular weight is 296 g/mol. The Morgan fingerprint density at radius 3 is 2.76 bits per heavy atom. The second-order valence-electron chi connectivity index (χ2n) is 7.06. The lowest BCUT2D eigenvalue weighted by Crippen LogP contribution is -2.51. The van der Waals surface area contributed by atoms with Gasteiger partial charge in [-0.1, -0.05) is 13.3 Å². The maximum absolute atomic E-state index is 12.1. The highest BCUT2D eigenvalue weighted by Crippen LogP contribution is 2.26. The van der Waals surface area contributed by atoms with Crippen LogP contribution < -0.4 is 5.32 Å². The molecule has 2 rings (SSSR count). The van der Waals surface area contributed by atoms with Gasteiger partial charge in [0.15, 0.2) is 0 Å². The summed E-state index contributed by atoms with van der Waals surface area (Å²) in [5.74, 6) is 0.759. The molecule has 0 spiro atoms. The number of carbonyl (C=O) groups excluding carboxylic acids is 1. The van der Waals surface area contributed by atoms with E-state index in [0.29, 0.717) is 6.04 Å².